The van der Waals surface area contributed by atoms with Crippen LogP contribution in [0.4, 0.5) is 0 Å². The number of nitrogens with zero attached hydrogens (tertiary/aromatic N) is 3. The highest BCUT2D eigenvalue weighted by Gasteiger charge is 2.15. The smallest absolute Gasteiger partial charge is 0.308 e. The van der Waals surface area contributed by atoms with E-state index >= 15 is 0 Å². The van der Waals surface area contributed by atoms with Gasteiger partial charge in [-0.3, -0.25) is 13.9 Å². The lowest BCUT2D eigenvalue weighted by Crippen LogP contribution is -2.44. The molecule has 1 aromatic rings. The zero-order valence-electron chi connectivity index (χ0n) is 13.3. The fourth-order valence-corrected chi connectivity index (χ4v) is 2.09. The van der Waals surface area contributed by atoms with Crippen LogP contribution in [-0.2, 0) is 20.6 Å². The summed E-state index contributed by atoms with van der Waals surface area (Å²) in [5.74, 6) is 0.473. The second kappa shape index (κ2) is 6.85. The molecule has 0 radical (unpaired) electrons. The molecule has 1 N–H and O–H groups in total. The van der Waals surface area contributed by atoms with Gasteiger partial charge in [-0.25, -0.2) is 4.79 Å². The van der Waals surface area contributed by atoms with Crippen molar-refractivity contribution in [2.45, 2.75) is 26.4 Å². The zero-order chi connectivity index (χ0) is 15.4. The van der Waals surface area contributed by atoms with Crippen LogP contribution in [0.2, 0.25) is 0 Å². The van der Waals surface area contributed by atoms with Gasteiger partial charge in [0.05, 0.1) is 0 Å². The predicted molar refractivity (Wildman–Crippen MR) is 80.9 cm³/mol. The Morgan fingerprint density at radius 3 is 2.30 bits per heavy atom. The van der Waals surface area contributed by atoms with Gasteiger partial charge < -0.3 is 10.2 Å². The Labute approximate surface area is 120 Å². The highest BCUT2D eigenvalue weighted by atomic mass is 16.2. The second-order valence-corrected chi connectivity index (χ2v) is 5.87. The van der Waals surface area contributed by atoms with E-state index < -0.39 is 0 Å². The van der Waals surface area contributed by atoms with Crippen molar-refractivity contribution < 1.29 is 0 Å². The molecule has 0 spiro atoms. The van der Waals surface area contributed by atoms with Crippen LogP contribution in [0.1, 0.15) is 19.5 Å². The molecule has 6 heteroatoms. The number of nitrogens with one attached hydrogen (secondary N) is 1. The van der Waals surface area contributed by atoms with Gasteiger partial charge in [0.15, 0.2) is 0 Å². The highest BCUT2D eigenvalue weighted by molar-refractivity contribution is 5.02. The van der Waals surface area contributed by atoms with E-state index in [1.54, 1.807) is 7.05 Å². The molecule has 0 aliphatic heterocycles. The quantitative estimate of drug-likeness (QED) is 0.782. The van der Waals surface area contributed by atoms with Crippen LogP contribution in [0.3, 0.4) is 0 Å². The minimum Gasteiger partial charge on any atom is -0.308 e. The summed E-state index contributed by atoms with van der Waals surface area (Å²) in [6.45, 7) is 5.74. The molecular weight excluding hydrogens is 256 g/mol. The van der Waals surface area contributed by atoms with E-state index in [1.165, 1.54) is 17.7 Å². The largest absolute Gasteiger partial charge is 0.330 e. The summed E-state index contributed by atoms with van der Waals surface area (Å²) in [6.07, 6.45) is 0. The van der Waals surface area contributed by atoms with Crippen LogP contribution in [0.15, 0.2) is 15.7 Å². The fourth-order valence-electron chi connectivity index (χ4n) is 2.09. The maximum Gasteiger partial charge on any atom is 0.330 e. The summed E-state index contributed by atoms with van der Waals surface area (Å²) < 4.78 is 2.63. The molecule has 1 heterocycles. The lowest BCUT2D eigenvalue weighted by Gasteiger charge is -2.26. The fraction of sp³-hybridized carbons (Fsp3) is 0.714. The van der Waals surface area contributed by atoms with Gasteiger partial charge in [0.2, 0.25) is 0 Å². The number of rotatable bonds is 6. The van der Waals surface area contributed by atoms with Crippen molar-refractivity contribution in [2.24, 2.45) is 20.0 Å². The Hall–Kier alpha value is -1.40. The number of aromatic nitrogens is 2. The van der Waals surface area contributed by atoms with Crippen molar-refractivity contribution in [1.29, 1.82) is 0 Å². The average molecular weight is 282 g/mol. The van der Waals surface area contributed by atoms with Crippen molar-refractivity contribution in [3.8, 4) is 0 Å². The van der Waals surface area contributed by atoms with Crippen LogP contribution in [-0.4, -0.2) is 40.7 Å². The summed E-state index contributed by atoms with van der Waals surface area (Å²) in [5.41, 5.74) is 0.157. The van der Waals surface area contributed by atoms with Crippen LogP contribution >= 0.6 is 0 Å². The molecule has 6 nitrogen and oxygen atoms in total. The first kappa shape index (κ1) is 16.7. The minimum atomic E-state index is -0.289. The van der Waals surface area contributed by atoms with Crippen molar-refractivity contribution in [3.63, 3.8) is 0 Å². The third kappa shape index (κ3) is 4.05. The molecular formula is C14H26N4O2. The first-order valence-electron chi connectivity index (χ1n) is 6.88. The molecule has 114 valence electrons. The summed E-state index contributed by atoms with van der Waals surface area (Å²) in [7, 11) is 7.25. The van der Waals surface area contributed by atoms with Crippen molar-refractivity contribution in [2.75, 3.05) is 20.6 Å². The summed E-state index contributed by atoms with van der Waals surface area (Å²) in [6, 6.07) is 1.82. The van der Waals surface area contributed by atoms with Crippen molar-refractivity contribution in [3.05, 3.63) is 32.6 Å². The average Bonchev–Trinajstić information content (AvgIpc) is 2.36. The lowest BCUT2D eigenvalue weighted by atomic mass is 10.0. The van der Waals surface area contributed by atoms with E-state index in [9.17, 15) is 9.59 Å². The molecule has 1 rings (SSSR count). The summed E-state index contributed by atoms with van der Waals surface area (Å²) >= 11 is 0. The molecule has 1 aromatic heterocycles. The van der Waals surface area contributed by atoms with E-state index in [2.05, 4.69) is 24.1 Å². The van der Waals surface area contributed by atoms with Crippen LogP contribution in [0.5, 0.6) is 0 Å². The maximum absolute atomic E-state index is 11.9. The van der Waals surface area contributed by atoms with Gasteiger partial charge in [0.25, 0.3) is 5.56 Å². The van der Waals surface area contributed by atoms with Gasteiger partial charge in [-0.2, -0.15) is 0 Å². The predicted octanol–water partition coefficient (Wildman–Crippen LogP) is -0.240. The molecule has 0 saturated carbocycles. The van der Waals surface area contributed by atoms with E-state index in [0.717, 1.165) is 11.1 Å². The molecule has 0 saturated heterocycles. The topological polar surface area (TPSA) is 59.3 Å². The van der Waals surface area contributed by atoms with Crippen LogP contribution < -0.4 is 16.6 Å². The Kier molecular flexibility index (Phi) is 5.71. The molecule has 0 amide bonds. The van der Waals surface area contributed by atoms with Crippen molar-refractivity contribution >= 4 is 0 Å². The molecule has 1 unspecified atom stereocenters. The standard InChI is InChI=1S/C14H26N4O2/c1-10(2)12(9-16(3)4)15-8-11-7-13(19)18(6)14(20)17(11)5/h7,10,12,15H,8-9H2,1-6H3. The van der Waals surface area contributed by atoms with Crippen LogP contribution in [0.25, 0.3) is 0 Å². The Balaban J connectivity index is 2.89. The third-order valence-electron chi connectivity index (χ3n) is 3.54. The third-order valence-corrected chi connectivity index (χ3v) is 3.54. The van der Waals surface area contributed by atoms with Crippen LogP contribution in [0, 0.1) is 5.92 Å². The first-order chi connectivity index (χ1) is 9.23. The highest BCUT2D eigenvalue weighted by Crippen LogP contribution is 2.04. The van der Waals surface area contributed by atoms with Gasteiger partial charge in [-0.05, 0) is 20.0 Å². The monoisotopic (exact) mass is 282 g/mol. The van der Waals surface area contributed by atoms with Gasteiger partial charge in [-0.15, -0.1) is 0 Å². The van der Waals surface area contributed by atoms with Gasteiger partial charge in [-0.1, -0.05) is 13.8 Å². The summed E-state index contributed by atoms with van der Waals surface area (Å²) in [5, 5.41) is 3.43. The van der Waals surface area contributed by atoms with E-state index in [1.807, 2.05) is 14.1 Å². The van der Waals surface area contributed by atoms with E-state index in [-0.39, 0.29) is 11.2 Å². The number of likely N-dealkylation sites (N-methyl/N-ethyl adjacent to an activating group) is 1. The molecule has 0 aromatic carbocycles. The van der Waals surface area contributed by atoms with E-state index in [0.29, 0.717) is 24.2 Å². The second-order valence-electron chi connectivity index (χ2n) is 5.87. The maximum atomic E-state index is 11.9. The molecule has 0 aliphatic rings. The number of hydrogen-bond acceptors (Lipinski definition) is 4. The molecule has 0 fully saturated rings. The first-order valence-corrected chi connectivity index (χ1v) is 6.88. The van der Waals surface area contributed by atoms with E-state index in [4.69, 9.17) is 0 Å². The molecule has 0 bridgehead atoms. The molecule has 0 aliphatic carbocycles. The zero-order valence-corrected chi connectivity index (χ0v) is 13.3. The molecule has 20 heavy (non-hydrogen) atoms. The van der Waals surface area contributed by atoms with Gasteiger partial charge >= 0.3 is 5.69 Å². The minimum absolute atomic E-state index is 0.265. The molecule has 1 atom stereocenters. The van der Waals surface area contributed by atoms with Gasteiger partial charge in [0, 0.05) is 45.0 Å². The Morgan fingerprint density at radius 1 is 1.20 bits per heavy atom. The number of hydrogen-bond donors (Lipinski definition) is 1. The Morgan fingerprint density at radius 2 is 1.80 bits per heavy atom. The normalized spacial score (nSPS) is 13.2. The Bertz CT molecular complexity index is 557. The summed E-state index contributed by atoms with van der Waals surface area (Å²) in [4.78, 5) is 25.7. The van der Waals surface area contributed by atoms with Gasteiger partial charge in [0.1, 0.15) is 0 Å². The van der Waals surface area contributed by atoms with Crippen molar-refractivity contribution in [1.82, 2.24) is 19.4 Å². The SMILES string of the molecule is CC(C)C(CN(C)C)NCc1cc(=O)n(C)c(=O)n1C. The lowest BCUT2D eigenvalue weighted by molar-refractivity contribution is 0.286.